The maximum absolute atomic E-state index is 5.31. The molecule has 2 aromatic carbocycles. The highest BCUT2D eigenvalue weighted by Crippen LogP contribution is 2.35. The molecule has 0 aliphatic carbocycles. The molecule has 0 radical (unpaired) electrons. The fraction of sp³-hybridized carbons (Fsp3) is 0.368. The minimum atomic E-state index is 0.488. The Hall–Kier alpha value is -1.52. The molecule has 1 atom stereocenters. The van der Waals surface area contributed by atoms with Gasteiger partial charge < -0.3 is 9.47 Å². The molecule has 3 nitrogen and oxygen atoms in total. The predicted octanol–water partition coefficient (Wildman–Crippen LogP) is 4.80. The molecule has 1 saturated heterocycles. The van der Waals surface area contributed by atoms with Crippen LogP contribution in [0, 0.1) is 0 Å². The summed E-state index contributed by atoms with van der Waals surface area (Å²) in [6, 6.07) is 15.3. The van der Waals surface area contributed by atoms with Crippen molar-refractivity contribution in [3.63, 3.8) is 0 Å². The van der Waals surface area contributed by atoms with E-state index in [0.29, 0.717) is 6.04 Å². The average Bonchev–Trinajstić information content (AvgIpc) is 3.03. The van der Waals surface area contributed by atoms with Crippen molar-refractivity contribution in [3.8, 4) is 11.5 Å². The van der Waals surface area contributed by atoms with E-state index >= 15 is 0 Å². The third-order valence-corrected chi connectivity index (χ3v) is 5.09. The van der Waals surface area contributed by atoms with E-state index in [4.69, 9.17) is 9.47 Å². The fourth-order valence-corrected chi connectivity index (χ4v) is 3.85. The van der Waals surface area contributed by atoms with Crippen LogP contribution in [0.25, 0.3) is 0 Å². The Balaban J connectivity index is 1.74. The lowest BCUT2D eigenvalue weighted by Gasteiger charge is -2.25. The molecule has 0 aromatic heterocycles. The zero-order valence-corrected chi connectivity index (χ0v) is 15.2. The minimum absolute atomic E-state index is 0.488. The monoisotopic (exact) mass is 375 g/mol. The number of methoxy groups -OCH3 is 2. The highest BCUT2D eigenvalue weighted by Gasteiger charge is 2.26. The molecule has 122 valence electrons. The van der Waals surface area contributed by atoms with Gasteiger partial charge in [0, 0.05) is 12.6 Å². The maximum atomic E-state index is 5.31. The molecule has 0 saturated carbocycles. The van der Waals surface area contributed by atoms with E-state index in [1.165, 1.54) is 24.0 Å². The summed E-state index contributed by atoms with van der Waals surface area (Å²) in [5.74, 6) is 1.79. The molecule has 1 aliphatic rings. The van der Waals surface area contributed by atoms with Gasteiger partial charge in [-0.15, -0.1) is 0 Å². The lowest BCUT2D eigenvalue weighted by Crippen LogP contribution is -2.22. The zero-order valence-electron chi connectivity index (χ0n) is 13.6. The van der Waals surface area contributed by atoms with Gasteiger partial charge in [-0.25, -0.2) is 0 Å². The number of benzene rings is 2. The van der Waals surface area contributed by atoms with Crippen LogP contribution >= 0.6 is 15.9 Å². The Kier molecular flexibility index (Phi) is 5.23. The van der Waals surface area contributed by atoms with E-state index in [-0.39, 0.29) is 0 Å². The van der Waals surface area contributed by atoms with Crippen LogP contribution in [0.3, 0.4) is 0 Å². The summed E-state index contributed by atoms with van der Waals surface area (Å²) in [7, 11) is 3.40. The lowest BCUT2D eigenvalue weighted by atomic mass is 10.0. The van der Waals surface area contributed by atoms with Gasteiger partial charge >= 0.3 is 0 Å². The lowest BCUT2D eigenvalue weighted by molar-refractivity contribution is 0.248. The van der Waals surface area contributed by atoms with E-state index in [9.17, 15) is 0 Å². The van der Waals surface area contributed by atoms with E-state index < -0.39 is 0 Å². The first-order valence-electron chi connectivity index (χ1n) is 7.91. The second-order valence-electron chi connectivity index (χ2n) is 5.87. The Labute approximate surface area is 146 Å². The Morgan fingerprint density at radius 2 is 1.87 bits per heavy atom. The molecule has 23 heavy (non-hydrogen) atoms. The van der Waals surface area contributed by atoms with Gasteiger partial charge in [-0.2, -0.15) is 0 Å². The van der Waals surface area contributed by atoms with Gasteiger partial charge in [-0.3, -0.25) is 4.90 Å². The van der Waals surface area contributed by atoms with Gasteiger partial charge in [0.1, 0.15) is 11.5 Å². The van der Waals surface area contributed by atoms with Crippen molar-refractivity contribution in [2.75, 3.05) is 20.8 Å². The first kappa shape index (κ1) is 16.3. The molecule has 1 unspecified atom stereocenters. The maximum Gasteiger partial charge on any atom is 0.133 e. The van der Waals surface area contributed by atoms with Crippen LogP contribution in [-0.4, -0.2) is 25.7 Å². The summed E-state index contributed by atoms with van der Waals surface area (Å²) >= 11 is 3.58. The summed E-state index contributed by atoms with van der Waals surface area (Å²) in [6.07, 6.45) is 2.46. The van der Waals surface area contributed by atoms with E-state index in [1.54, 1.807) is 14.2 Å². The summed E-state index contributed by atoms with van der Waals surface area (Å²) in [5.41, 5.74) is 2.67. The minimum Gasteiger partial charge on any atom is -0.497 e. The first-order valence-corrected chi connectivity index (χ1v) is 8.71. The first-order chi connectivity index (χ1) is 11.2. The van der Waals surface area contributed by atoms with Crippen LogP contribution in [0.4, 0.5) is 0 Å². The molecule has 3 rings (SSSR count). The molecule has 0 amide bonds. The summed E-state index contributed by atoms with van der Waals surface area (Å²) in [6.45, 7) is 2.10. The van der Waals surface area contributed by atoms with Crippen molar-refractivity contribution in [1.29, 1.82) is 0 Å². The molecule has 0 N–H and O–H groups in total. The second-order valence-corrected chi connectivity index (χ2v) is 6.72. The van der Waals surface area contributed by atoms with Gasteiger partial charge in [0.25, 0.3) is 0 Å². The van der Waals surface area contributed by atoms with E-state index in [0.717, 1.165) is 29.1 Å². The van der Waals surface area contributed by atoms with Crippen molar-refractivity contribution in [1.82, 2.24) is 4.90 Å². The predicted molar refractivity (Wildman–Crippen MR) is 96.1 cm³/mol. The van der Waals surface area contributed by atoms with Gasteiger partial charge in [0.15, 0.2) is 0 Å². The van der Waals surface area contributed by atoms with Crippen LogP contribution in [-0.2, 0) is 6.54 Å². The number of nitrogens with zero attached hydrogens (tertiary/aromatic N) is 1. The molecule has 1 heterocycles. The van der Waals surface area contributed by atoms with Crippen LogP contribution in [0.15, 0.2) is 46.9 Å². The molecular formula is C19H22BrNO2. The van der Waals surface area contributed by atoms with Crippen LogP contribution < -0.4 is 9.47 Å². The summed E-state index contributed by atoms with van der Waals surface area (Å²) in [5, 5.41) is 0. The van der Waals surface area contributed by atoms with Crippen molar-refractivity contribution >= 4 is 15.9 Å². The Morgan fingerprint density at radius 1 is 1.09 bits per heavy atom. The number of ether oxygens (including phenoxy) is 2. The highest BCUT2D eigenvalue weighted by molar-refractivity contribution is 9.10. The van der Waals surface area contributed by atoms with Crippen LogP contribution in [0.1, 0.15) is 30.0 Å². The smallest absolute Gasteiger partial charge is 0.133 e. The van der Waals surface area contributed by atoms with Crippen LogP contribution in [0.5, 0.6) is 11.5 Å². The topological polar surface area (TPSA) is 21.7 Å². The zero-order chi connectivity index (χ0) is 16.2. The third-order valence-electron chi connectivity index (χ3n) is 4.47. The third kappa shape index (κ3) is 3.70. The second kappa shape index (κ2) is 7.37. The normalized spacial score (nSPS) is 18.1. The summed E-state index contributed by atoms with van der Waals surface area (Å²) in [4.78, 5) is 2.55. The molecule has 1 aliphatic heterocycles. The number of likely N-dealkylation sites (tertiary alicyclic amines) is 1. The highest BCUT2D eigenvalue weighted by atomic mass is 79.9. The van der Waals surface area contributed by atoms with Gasteiger partial charge in [-0.1, -0.05) is 18.2 Å². The van der Waals surface area contributed by atoms with E-state index in [2.05, 4.69) is 57.2 Å². The Bertz CT molecular complexity index is 657. The van der Waals surface area contributed by atoms with Crippen molar-refractivity contribution in [3.05, 3.63) is 58.1 Å². The quantitative estimate of drug-likeness (QED) is 0.748. The van der Waals surface area contributed by atoms with Crippen molar-refractivity contribution in [2.24, 2.45) is 0 Å². The fourth-order valence-electron chi connectivity index (χ4n) is 3.26. The van der Waals surface area contributed by atoms with Crippen molar-refractivity contribution < 1.29 is 9.47 Å². The SMILES string of the molecule is COc1ccc(C2CCCN2Cc2ccc(OC)c(Br)c2)cc1. The molecule has 2 aromatic rings. The van der Waals surface area contributed by atoms with Gasteiger partial charge in [0.05, 0.1) is 18.7 Å². The number of rotatable bonds is 5. The molecular weight excluding hydrogens is 354 g/mol. The Morgan fingerprint density at radius 3 is 2.52 bits per heavy atom. The molecule has 4 heteroatoms. The summed E-state index contributed by atoms with van der Waals surface area (Å²) < 4.78 is 11.6. The number of hydrogen-bond acceptors (Lipinski definition) is 3. The van der Waals surface area contributed by atoms with Gasteiger partial charge in [-0.05, 0) is 70.7 Å². The molecule has 0 spiro atoms. The van der Waals surface area contributed by atoms with Gasteiger partial charge in [0.2, 0.25) is 0 Å². The number of hydrogen-bond donors (Lipinski definition) is 0. The molecule has 1 fully saturated rings. The average molecular weight is 376 g/mol. The largest absolute Gasteiger partial charge is 0.497 e. The number of halogens is 1. The molecule has 0 bridgehead atoms. The standard InChI is InChI=1S/C19H22BrNO2/c1-22-16-8-6-15(7-9-16)18-4-3-11-21(18)13-14-5-10-19(23-2)17(20)12-14/h5-10,12,18H,3-4,11,13H2,1-2H3. The van der Waals surface area contributed by atoms with E-state index in [1.807, 2.05) is 6.07 Å². The van der Waals surface area contributed by atoms with Crippen LogP contribution in [0.2, 0.25) is 0 Å². The van der Waals surface area contributed by atoms with Crippen molar-refractivity contribution in [2.45, 2.75) is 25.4 Å².